The van der Waals surface area contributed by atoms with Gasteiger partial charge in [0.25, 0.3) is 0 Å². The first-order valence-corrected chi connectivity index (χ1v) is 10.6. The molecule has 2 aliphatic rings. The fourth-order valence-corrected chi connectivity index (χ4v) is 4.59. The number of piperidine rings is 1. The molecule has 1 fully saturated rings. The topological polar surface area (TPSA) is 64.4 Å². The molecule has 2 atom stereocenters. The van der Waals surface area contributed by atoms with Crippen molar-refractivity contribution in [2.24, 2.45) is 5.92 Å². The Kier molecular flexibility index (Phi) is 6.27. The van der Waals surface area contributed by atoms with E-state index in [4.69, 9.17) is 9.47 Å². The summed E-state index contributed by atoms with van der Waals surface area (Å²) in [5, 5.41) is 6.96. The summed E-state index contributed by atoms with van der Waals surface area (Å²) >= 11 is 0. The molecule has 0 spiro atoms. The van der Waals surface area contributed by atoms with Gasteiger partial charge in [-0.15, -0.1) is 0 Å². The van der Waals surface area contributed by atoms with Gasteiger partial charge in [-0.3, -0.25) is 4.90 Å². The van der Waals surface area contributed by atoms with Gasteiger partial charge in [0.2, 0.25) is 5.95 Å². The van der Waals surface area contributed by atoms with Gasteiger partial charge in [0.15, 0.2) is 17.5 Å². The highest BCUT2D eigenvalue weighted by atomic mass is 19.4. The Balaban J connectivity index is 1.36. The van der Waals surface area contributed by atoms with E-state index in [1.807, 2.05) is 25.1 Å². The molecule has 1 aromatic carbocycles. The molecule has 0 unspecified atom stereocenters. The van der Waals surface area contributed by atoms with Crippen molar-refractivity contribution >= 4 is 5.95 Å². The number of hydrogen-bond acceptors (Lipinski definition) is 6. The maximum Gasteiger partial charge on any atom is 0.411 e. The van der Waals surface area contributed by atoms with Crippen LogP contribution in [0.5, 0.6) is 11.5 Å². The molecule has 31 heavy (non-hydrogen) atoms. The molecule has 1 aromatic heterocycles. The molecular weight excluding hydrogens is 411 g/mol. The van der Waals surface area contributed by atoms with Crippen molar-refractivity contribution in [2.45, 2.75) is 51.0 Å². The van der Waals surface area contributed by atoms with Crippen LogP contribution in [0.2, 0.25) is 0 Å². The Morgan fingerprint density at radius 1 is 1.19 bits per heavy atom. The van der Waals surface area contributed by atoms with Crippen molar-refractivity contribution < 1.29 is 22.6 Å². The Hall–Kier alpha value is -2.49. The quantitative estimate of drug-likeness (QED) is 0.737. The Morgan fingerprint density at radius 3 is 2.65 bits per heavy atom. The van der Waals surface area contributed by atoms with Gasteiger partial charge in [0.05, 0.1) is 13.7 Å². The molecule has 170 valence electrons. The number of hydrogen-bond donors (Lipinski definition) is 1. The van der Waals surface area contributed by atoms with Crippen LogP contribution < -0.4 is 14.8 Å². The minimum Gasteiger partial charge on any atom is -0.493 e. The number of fused-ring (bicyclic) bond motifs is 1. The van der Waals surface area contributed by atoms with Crippen molar-refractivity contribution in [1.82, 2.24) is 19.7 Å². The lowest BCUT2D eigenvalue weighted by Gasteiger charge is -2.40. The molecule has 0 bridgehead atoms. The number of rotatable bonds is 6. The molecule has 7 nitrogen and oxygen atoms in total. The van der Waals surface area contributed by atoms with Gasteiger partial charge in [0, 0.05) is 12.6 Å². The van der Waals surface area contributed by atoms with E-state index < -0.39 is 12.2 Å². The van der Waals surface area contributed by atoms with Gasteiger partial charge in [0.1, 0.15) is 6.33 Å². The molecule has 0 aliphatic carbocycles. The van der Waals surface area contributed by atoms with Gasteiger partial charge < -0.3 is 14.8 Å². The smallest absolute Gasteiger partial charge is 0.411 e. The second-order valence-corrected chi connectivity index (χ2v) is 8.10. The summed E-state index contributed by atoms with van der Waals surface area (Å²) in [5.41, 5.74) is 1.12. The van der Waals surface area contributed by atoms with Crippen molar-refractivity contribution in [2.75, 3.05) is 32.1 Å². The van der Waals surface area contributed by atoms with Gasteiger partial charge in [-0.05, 0) is 62.9 Å². The lowest BCUT2D eigenvalue weighted by molar-refractivity contribution is -0.174. The van der Waals surface area contributed by atoms with Crippen LogP contribution in [0.4, 0.5) is 19.1 Å². The van der Waals surface area contributed by atoms with Gasteiger partial charge in [-0.25, -0.2) is 4.68 Å². The van der Waals surface area contributed by atoms with Gasteiger partial charge >= 0.3 is 6.18 Å². The minimum atomic E-state index is -4.34. The first-order valence-electron chi connectivity index (χ1n) is 10.6. The largest absolute Gasteiger partial charge is 0.493 e. The number of halogens is 3. The SMILES string of the molecule is CCOc1ccc(CN2CCC([C@@H]3C[C@H](C(F)(F)F)n4ncnc4N3)CC2)cc1OC. The van der Waals surface area contributed by atoms with Crippen LogP contribution in [-0.2, 0) is 6.54 Å². The maximum absolute atomic E-state index is 13.5. The predicted octanol–water partition coefficient (Wildman–Crippen LogP) is 3.89. The molecule has 3 heterocycles. The predicted molar refractivity (Wildman–Crippen MR) is 109 cm³/mol. The van der Waals surface area contributed by atoms with Crippen LogP contribution in [0, 0.1) is 5.92 Å². The summed E-state index contributed by atoms with van der Waals surface area (Å²) in [5.74, 6) is 1.81. The number of alkyl halides is 3. The van der Waals surface area contributed by atoms with Crippen molar-refractivity contribution in [3.63, 3.8) is 0 Å². The van der Waals surface area contributed by atoms with E-state index in [0.717, 1.165) is 48.5 Å². The molecule has 10 heteroatoms. The summed E-state index contributed by atoms with van der Waals surface area (Å²) < 4.78 is 52.6. The lowest BCUT2D eigenvalue weighted by Crippen LogP contribution is -2.46. The van der Waals surface area contributed by atoms with Crippen LogP contribution in [0.15, 0.2) is 24.5 Å². The Morgan fingerprint density at radius 2 is 1.97 bits per heavy atom. The number of benzene rings is 1. The molecule has 0 saturated carbocycles. The summed E-state index contributed by atoms with van der Waals surface area (Å²) in [6.45, 7) is 4.94. The highest BCUT2D eigenvalue weighted by Gasteiger charge is 2.47. The number of anilines is 1. The van der Waals surface area contributed by atoms with Crippen LogP contribution >= 0.6 is 0 Å². The van der Waals surface area contributed by atoms with Crippen LogP contribution in [-0.4, -0.2) is 58.7 Å². The van der Waals surface area contributed by atoms with Crippen molar-refractivity contribution in [3.05, 3.63) is 30.1 Å². The molecular formula is C21H28F3N5O2. The molecule has 2 aromatic rings. The zero-order valence-corrected chi connectivity index (χ0v) is 17.7. The van der Waals surface area contributed by atoms with E-state index in [1.165, 1.54) is 6.33 Å². The first-order chi connectivity index (χ1) is 14.9. The standard InChI is InChI=1S/C21H28F3N5O2/c1-3-31-17-5-4-14(10-18(17)30-2)12-28-8-6-15(7-9-28)16-11-19(21(22,23)24)29-20(27-16)25-13-26-29/h4-5,10,13,15-16,19H,3,6-9,11-12H2,1-2H3,(H,25,26,27)/t16-,19+/m0/s1. The maximum atomic E-state index is 13.5. The molecule has 1 saturated heterocycles. The highest BCUT2D eigenvalue weighted by Crippen LogP contribution is 2.41. The summed E-state index contributed by atoms with van der Waals surface area (Å²) in [7, 11) is 1.62. The number of aromatic nitrogens is 3. The summed E-state index contributed by atoms with van der Waals surface area (Å²) in [6.07, 6.45) is -1.50. The average Bonchev–Trinajstić information content (AvgIpc) is 3.22. The van der Waals surface area contributed by atoms with Crippen LogP contribution in [0.1, 0.15) is 37.8 Å². The summed E-state index contributed by atoms with van der Waals surface area (Å²) in [6, 6.07) is 4.06. The summed E-state index contributed by atoms with van der Waals surface area (Å²) in [4.78, 5) is 6.31. The highest BCUT2D eigenvalue weighted by molar-refractivity contribution is 5.43. The van der Waals surface area contributed by atoms with E-state index in [2.05, 4.69) is 20.3 Å². The number of methoxy groups -OCH3 is 1. The average molecular weight is 439 g/mol. The van der Waals surface area contributed by atoms with Gasteiger partial charge in [-0.1, -0.05) is 6.07 Å². The number of ether oxygens (including phenoxy) is 2. The zero-order chi connectivity index (χ0) is 22.0. The zero-order valence-electron chi connectivity index (χ0n) is 17.7. The number of likely N-dealkylation sites (tertiary alicyclic amines) is 1. The molecule has 4 rings (SSSR count). The van der Waals surface area contributed by atoms with E-state index >= 15 is 0 Å². The molecule has 0 radical (unpaired) electrons. The monoisotopic (exact) mass is 439 g/mol. The third-order valence-electron chi connectivity index (χ3n) is 6.17. The first kappa shape index (κ1) is 21.7. The lowest BCUT2D eigenvalue weighted by atomic mass is 9.85. The van der Waals surface area contributed by atoms with E-state index in [1.54, 1.807) is 7.11 Å². The molecule has 2 aliphatic heterocycles. The Bertz CT molecular complexity index is 880. The van der Waals surface area contributed by atoms with E-state index in [-0.39, 0.29) is 24.3 Å². The minimum absolute atomic E-state index is 0.0133. The van der Waals surface area contributed by atoms with Gasteiger partial charge in [-0.2, -0.15) is 23.3 Å². The van der Waals surface area contributed by atoms with Crippen LogP contribution in [0.3, 0.4) is 0 Å². The third kappa shape index (κ3) is 4.73. The fraction of sp³-hybridized carbons (Fsp3) is 0.619. The Labute approximate surface area is 179 Å². The third-order valence-corrected chi connectivity index (χ3v) is 6.17. The van der Waals surface area contributed by atoms with Crippen LogP contribution in [0.25, 0.3) is 0 Å². The van der Waals surface area contributed by atoms with Crippen molar-refractivity contribution in [1.29, 1.82) is 0 Å². The van der Waals surface area contributed by atoms with E-state index in [0.29, 0.717) is 12.4 Å². The second kappa shape index (κ2) is 8.94. The second-order valence-electron chi connectivity index (χ2n) is 8.10. The number of nitrogens with zero attached hydrogens (tertiary/aromatic N) is 4. The molecule has 1 N–H and O–H groups in total. The van der Waals surface area contributed by atoms with Crippen molar-refractivity contribution in [3.8, 4) is 11.5 Å². The van der Waals surface area contributed by atoms with E-state index in [9.17, 15) is 13.2 Å². The normalized spacial score (nSPS) is 22.6. The fourth-order valence-electron chi connectivity index (χ4n) is 4.59. The molecule has 0 amide bonds. The number of nitrogens with one attached hydrogen (secondary N) is 1.